The van der Waals surface area contributed by atoms with Gasteiger partial charge in [0.05, 0.1) is 0 Å². The van der Waals surface area contributed by atoms with E-state index in [1.165, 1.54) is 12.1 Å². The third kappa shape index (κ3) is 2.38. The lowest BCUT2D eigenvalue weighted by molar-refractivity contribution is 0.0949. The Hall–Kier alpha value is -1.69. The second-order valence-corrected chi connectivity index (χ2v) is 2.23. The van der Waals surface area contributed by atoms with Crippen LogP contribution in [0.3, 0.4) is 0 Å². The average Bonchev–Trinajstić information content (AvgIpc) is 2.18. The van der Waals surface area contributed by atoms with E-state index in [9.17, 15) is 4.79 Å². The van der Waals surface area contributed by atoms with E-state index in [0.29, 0.717) is 6.54 Å². The third-order valence-electron chi connectivity index (χ3n) is 1.33. The van der Waals surface area contributed by atoms with Crippen LogP contribution in [0.1, 0.15) is 17.4 Å². The van der Waals surface area contributed by atoms with Crippen molar-refractivity contribution in [1.29, 1.82) is 0 Å². The molecule has 1 heterocycles. The van der Waals surface area contributed by atoms with Crippen LogP contribution < -0.4 is 16.1 Å². The summed E-state index contributed by atoms with van der Waals surface area (Å²) >= 11 is 0. The summed E-state index contributed by atoms with van der Waals surface area (Å²) in [6.45, 7) is 2.37. The van der Waals surface area contributed by atoms with Gasteiger partial charge in [0.25, 0.3) is 11.8 Å². The van der Waals surface area contributed by atoms with Crippen LogP contribution in [0.4, 0.5) is 0 Å². The first-order valence-electron chi connectivity index (χ1n) is 3.76. The van der Waals surface area contributed by atoms with Crippen molar-refractivity contribution in [3.05, 3.63) is 17.8 Å². The number of carbonyl (C=O) groups is 1. The topological polar surface area (TPSA) is 90.1 Å². The molecule has 0 aliphatic rings. The monoisotopic (exact) mass is 182 g/mol. The molecule has 1 rings (SSSR count). The zero-order chi connectivity index (χ0) is 9.68. The molecule has 0 aromatic carbocycles. The van der Waals surface area contributed by atoms with Crippen molar-refractivity contribution in [2.75, 3.05) is 6.54 Å². The smallest absolute Gasteiger partial charge is 0.271 e. The van der Waals surface area contributed by atoms with Gasteiger partial charge in [0.15, 0.2) is 5.69 Å². The predicted molar refractivity (Wildman–Crippen MR) is 44.9 cm³/mol. The maximum Gasteiger partial charge on any atom is 0.271 e. The first-order valence-corrected chi connectivity index (χ1v) is 3.76. The molecule has 0 saturated heterocycles. The van der Waals surface area contributed by atoms with Crippen LogP contribution in [-0.2, 0) is 0 Å². The van der Waals surface area contributed by atoms with Crippen molar-refractivity contribution in [2.24, 2.45) is 5.90 Å². The second-order valence-electron chi connectivity index (χ2n) is 2.23. The molecular formula is C7H10N4O2. The van der Waals surface area contributed by atoms with E-state index < -0.39 is 0 Å². The molecule has 0 unspecified atom stereocenters. The Bertz CT molecular complexity index is 285. The van der Waals surface area contributed by atoms with Gasteiger partial charge in [0.1, 0.15) is 0 Å². The number of hydrogen-bond acceptors (Lipinski definition) is 5. The Morgan fingerprint density at radius 3 is 2.85 bits per heavy atom. The van der Waals surface area contributed by atoms with Crippen molar-refractivity contribution in [3.63, 3.8) is 0 Å². The molecule has 0 spiro atoms. The molecule has 0 radical (unpaired) electrons. The molecule has 0 saturated carbocycles. The highest BCUT2D eigenvalue weighted by Crippen LogP contribution is 2.01. The van der Waals surface area contributed by atoms with Gasteiger partial charge in [-0.05, 0) is 13.0 Å². The molecule has 0 fully saturated rings. The third-order valence-corrected chi connectivity index (χ3v) is 1.33. The molecule has 3 N–H and O–H groups in total. The highest BCUT2D eigenvalue weighted by Gasteiger charge is 2.05. The van der Waals surface area contributed by atoms with Gasteiger partial charge in [-0.1, -0.05) is 0 Å². The standard InChI is InChI=1S/C7H10N4O2/c1-2-9-7(12)5-3-4-6(13-8)11-10-5/h3-4H,2,8H2,1H3,(H,9,12). The summed E-state index contributed by atoms with van der Waals surface area (Å²) in [7, 11) is 0. The first-order chi connectivity index (χ1) is 6.27. The number of amides is 1. The van der Waals surface area contributed by atoms with E-state index in [1.54, 1.807) is 0 Å². The summed E-state index contributed by atoms with van der Waals surface area (Å²) in [6.07, 6.45) is 0. The van der Waals surface area contributed by atoms with Gasteiger partial charge in [-0.15, -0.1) is 10.2 Å². The largest absolute Gasteiger partial charge is 0.390 e. The average molecular weight is 182 g/mol. The lowest BCUT2D eigenvalue weighted by Crippen LogP contribution is -2.24. The maximum absolute atomic E-state index is 11.2. The minimum absolute atomic E-state index is 0.174. The van der Waals surface area contributed by atoms with E-state index in [2.05, 4.69) is 20.4 Å². The molecule has 6 nitrogen and oxygen atoms in total. The lowest BCUT2D eigenvalue weighted by atomic mass is 10.3. The molecule has 1 amide bonds. The zero-order valence-corrected chi connectivity index (χ0v) is 7.15. The molecule has 0 bridgehead atoms. The fraction of sp³-hybridized carbons (Fsp3) is 0.286. The van der Waals surface area contributed by atoms with Gasteiger partial charge >= 0.3 is 0 Å². The SMILES string of the molecule is CCNC(=O)c1ccc(ON)nn1. The molecule has 1 aromatic heterocycles. The van der Waals surface area contributed by atoms with Crippen LogP contribution in [0.25, 0.3) is 0 Å². The van der Waals surface area contributed by atoms with E-state index in [1.807, 2.05) is 6.92 Å². The Morgan fingerprint density at radius 2 is 2.38 bits per heavy atom. The Labute approximate surface area is 75.1 Å². The molecule has 1 aromatic rings. The zero-order valence-electron chi connectivity index (χ0n) is 7.15. The second kappa shape index (κ2) is 4.36. The van der Waals surface area contributed by atoms with Crippen LogP contribution in [0, 0.1) is 0 Å². The molecule has 0 aliphatic heterocycles. The summed E-state index contributed by atoms with van der Waals surface area (Å²) in [5.74, 6) is 4.74. The fourth-order valence-electron chi connectivity index (χ4n) is 0.755. The number of hydrogen-bond donors (Lipinski definition) is 2. The van der Waals surface area contributed by atoms with Crippen molar-refractivity contribution in [1.82, 2.24) is 15.5 Å². The summed E-state index contributed by atoms with van der Waals surface area (Å²) in [5.41, 5.74) is 0.239. The summed E-state index contributed by atoms with van der Waals surface area (Å²) < 4.78 is 0. The Morgan fingerprint density at radius 1 is 1.62 bits per heavy atom. The van der Waals surface area contributed by atoms with E-state index in [4.69, 9.17) is 5.90 Å². The molecule has 6 heteroatoms. The quantitative estimate of drug-likeness (QED) is 0.614. The van der Waals surface area contributed by atoms with Crippen molar-refractivity contribution >= 4 is 5.91 Å². The summed E-state index contributed by atoms with van der Waals surface area (Å²) in [6, 6.07) is 2.96. The minimum Gasteiger partial charge on any atom is -0.390 e. The number of carbonyl (C=O) groups excluding carboxylic acids is 1. The van der Waals surface area contributed by atoms with E-state index >= 15 is 0 Å². The fourth-order valence-corrected chi connectivity index (χ4v) is 0.755. The van der Waals surface area contributed by atoms with Gasteiger partial charge in [-0.2, -0.15) is 5.90 Å². The van der Waals surface area contributed by atoms with E-state index in [0.717, 1.165) is 0 Å². The Balaban J connectivity index is 2.74. The van der Waals surface area contributed by atoms with Crippen LogP contribution in [0.5, 0.6) is 5.88 Å². The molecule has 0 atom stereocenters. The van der Waals surface area contributed by atoms with Gasteiger partial charge in [0, 0.05) is 12.6 Å². The van der Waals surface area contributed by atoms with Crippen molar-refractivity contribution in [3.8, 4) is 5.88 Å². The van der Waals surface area contributed by atoms with E-state index in [-0.39, 0.29) is 17.5 Å². The summed E-state index contributed by atoms with van der Waals surface area (Å²) in [5, 5.41) is 9.73. The van der Waals surface area contributed by atoms with Gasteiger partial charge in [-0.25, -0.2) is 0 Å². The molecule has 70 valence electrons. The maximum atomic E-state index is 11.2. The number of rotatable bonds is 3. The summed E-state index contributed by atoms with van der Waals surface area (Å²) in [4.78, 5) is 15.5. The lowest BCUT2D eigenvalue weighted by Gasteiger charge is -2.00. The van der Waals surface area contributed by atoms with Crippen LogP contribution in [0.2, 0.25) is 0 Å². The van der Waals surface area contributed by atoms with Gasteiger partial charge in [0.2, 0.25) is 0 Å². The van der Waals surface area contributed by atoms with Crippen molar-refractivity contribution in [2.45, 2.75) is 6.92 Å². The van der Waals surface area contributed by atoms with Crippen molar-refractivity contribution < 1.29 is 9.63 Å². The minimum atomic E-state index is -0.265. The first kappa shape index (κ1) is 9.40. The highest BCUT2D eigenvalue weighted by molar-refractivity contribution is 5.91. The molecular weight excluding hydrogens is 172 g/mol. The van der Waals surface area contributed by atoms with Crippen LogP contribution in [-0.4, -0.2) is 22.6 Å². The molecule has 13 heavy (non-hydrogen) atoms. The number of nitrogens with one attached hydrogen (secondary N) is 1. The molecule has 0 aliphatic carbocycles. The number of nitrogens with two attached hydrogens (primary N) is 1. The normalized spacial score (nSPS) is 9.38. The van der Waals surface area contributed by atoms with Gasteiger partial charge in [-0.3, -0.25) is 4.79 Å². The van der Waals surface area contributed by atoms with Crippen LogP contribution >= 0.6 is 0 Å². The Kier molecular flexibility index (Phi) is 3.15. The number of nitrogens with zero attached hydrogens (tertiary/aromatic N) is 2. The predicted octanol–water partition coefficient (Wildman–Crippen LogP) is -0.521. The number of aromatic nitrogens is 2. The highest BCUT2D eigenvalue weighted by atomic mass is 16.6. The van der Waals surface area contributed by atoms with Gasteiger partial charge < -0.3 is 10.2 Å². The van der Waals surface area contributed by atoms with Crippen LogP contribution in [0.15, 0.2) is 12.1 Å².